The van der Waals surface area contributed by atoms with Crippen molar-refractivity contribution in [3.8, 4) is 5.75 Å². The monoisotopic (exact) mass is 326 g/mol. The third kappa shape index (κ3) is 4.36. The first-order valence-corrected chi connectivity index (χ1v) is 8.51. The molecule has 1 amide bonds. The summed E-state index contributed by atoms with van der Waals surface area (Å²) in [7, 11) is 0. The van der Waals surface area contributed by atoms with Crippen LogP contribution in [0.3, 0.4) is 0 Å². The van der Waals surface area contributed by atoms with Crippen molar-refractivity contribution in [3.63, 3.8) is 0 Å². The number of thioether (sulfide) groups is 1. The fourth-order valence-electron chi connectivity index (χ4n) is 2.25. The molecule has 0 aromatic heterocycles. The highest BCUT2D eigenvalue weighted by molar-refractivity contribution is 8.14. The van der Waals surface area contributed by atoms with E-state index >= 15 is 0 Å². The number of amidine groups is 1. The topological polar surface area (TPSA) is 41.9 Å². The summed E-state index contributed by atoms with van der Waals surface area (Å²) in [6.07, 6.45) is 0. The van der Waals surface area contributed by atoms with Crippen molar-refractivity contribution < 1.29 is 9.53 Å². The van der Waals surface area contributed by atoms with Crippen molar-refractivity contribution in [2.75, 3.05) is 18.9 Å². The number of rotatable bonds is 5. The Hall–Kier alpha value is -2.27. The third-order valence-corrected chi connectivity index (χ3v) is 4.42. The zero-order valence-electron chi connectivity index (χ0n) is 12.7. The van der Waals surface area contributed by atoms with Crippen molar-refractivity contribution in [1.29, 1.82) is 0 Å². The molecule has 2 aromatic carbocycles. The van der Waals surface area contributed by atoms with Gasteiger partial charge in [0.1, 0.15) is 5.75 Å². The molecule has 0 atom stereocenters. The van der Waals surface area contributed by atoms with Crippen molar-refractivity contribution >= 4 is 22.8 Å². The summed E-state index contributed by atoms with van der Waals surface area (Å²) in [5.74, 6) is 1.53. The van der Waals surface area contributed by atoms with E-state index in [9.17, 15) is 4.79 Å². The van der Waals surface area contributed by atoms with Crippen LogP contribution in [-0.4, -0.2) is 34.9 Å². The van der Waals surface area contributed by atoms with Crippen LogP contribution in [0.2, 0.25) is 0 Å². The average molecular weight is 326 g/mol. The molecule has 4 nitrogen and oxygen atoms in total. The molecular formula is C18H18N2O2S. The second-order valence-electron chi connectivity index (χ2n) is 5.08. The summed E-state index contributed by atoms with van der Waals surface area (Å²) in [6, 6.07) is 19.4. The molecule has 0 aliphatic carbocycles. The van der Waals surface area contributed by atoms with Crippen LogP contribution in [0.25, 0.3) is 0 Å². The minimum atomic E-state index is -0.0503. The van der Waals surface area contributed by atoms with Gasteiger partial charge >= 0.3 is 0 Å². The summed E-state index contributed by atoms with van der Waals surface area (Å²) >= 11 is 1.62. The minimum absolute atomic E-state index is 0.0366. The zero-order valence-corrected chi connectivity index (χ0v) is 13.5. The number of carbonyl (C=O) groups is 1. The first-order valence-electron chi connectivity index (χ1n) is 7.52. The van der Waals surface area contributed by atoms with Gasteiger partial charge < -0.3 is 4.74 Å². The van der Waals surface area contributed by atoms with E-state index in [1.807, 2.05) is 60.7 Å². The normalized spacial score (nSPS) is 15.8. The van der Waals surface area contributed by atoms with Gasteiger partial charge in [-0.2, -0.15) is 0 Å². The van der Waals surface area contributed by atoms with Crippen LogP contribution >= 0.6 is 11.8 Å². The van der Waals surface area contributed by atoms with Crippen LogP contribution in [0, 0.1) is 0 Å². The van der Waals surface area contributed by atoms with Gasteiger partial charge in [-0.25, -0.2) is 0 Å². The molecule has 1 fully saturated rings. The first kappa shape index (κ1) is 15.6. The summed E-state index contributed by atoms with van der Waals surface area (Å²) in [4.78, 5) is 18.6. The minimum Gasteiger partial charge on any atom is -0.484 e. The Bertz CT molecular complexity index is 674. The molecule has 1 saturated heterocycles. The molecule has 1 aliphatic heterocycles. The SMILES string of the molecule is O=C(COc1ccccc1)N1CCSC1=NCc1ccccc1. The number of carbonyl (C=O) groups excluding carboxylic acids is 1. The highest BCUT2D eigenvalue weighted by atomic mass is 32.2. The van der Waals surface area contributed by atoms with Gasteiger partial charge in [0, 0.05) is 12.3 Å². The molecule has 2 aromatic rings. The Balaban J connectivity index is 1.58. The molecule has 0 N–H and O–H groups in total. The number of para-hydroxylation sites is 1. The predicted octanol–water partition coefficient (Wildman–Crippen LogP) is 3.20. The molecule has 0 saturated carbocycles. The standard InChI is InChI=1S/C18H18N2O2S/c21-17(14-22-16-9-5-2-6-10-16)20-11-12-23-18(20)19-13-15-7-3-1-4-8-15/h1-10H,11-14H2. The quantitative estimate of drug-likeness (QED) is 0.847. The van der Waals surface area contributed by atoms with E-state index in [4.69, 9.17) is 4.74 Å². The summed E-state index contributed by atoms with van der Waals surface area (Å²) in [6.45, 7) is 1.32. The maximum Gasteiger partial charge on any atom is 0.266 e. The van der Waals surface area contributed by atoms with Crippen molar-refractivity contribution in [1.82, 2.24) is 4.90 Å². The van der Waals surface area contributed by atoms with Gasteiger partial charge in [-0.1, -0.05) is 60.3 Å². The molecule has 118 valence electrons. The molecule has 0 unspecified atom stereocenters. The first-order chi connectivity index (χ1) is 11.3. The lowest BCUT2D eigenvalue weighted by molar-refractivity contribution is -0.129. The number of amides is 1. The summed E-state index contributed by atoms with van der Waals surface area (Å²) in [5.41, 5.74) is 1.14. The number of ether oxygens (including phenoxy) is 1. The lowest BCUT2D eigenvalue weighted by Crippen LogP contribution is -2.35. The van der Waals surface area contributed by atoms with E-state index in [0.717, 1.165) is 16.5 Å². The second kappa shape index (κ2) is 7.83. The van der Waals surface area contributed by atoms with E-state index in [0.29, 0.717) is 18.8 Å². The number of benzene rings is 2. The predicted molar refractivity (Wildman–Crippen MR) is 93.7 cm³/mol. The van der Waals surface area contributed by atoms with Gasteiger partial charge in [-0.05, 0) is 17.7 Å². The smallest absolute Gasteiger partial charge is 0.266 e. The summed E-state index contributed by atoms with van der Waals surface area (Å²) < 4.78 is 5.54. The van der Waals surface area contributed by atoms with Crippen LogP contribution in [0.5, 0.6) is 5.75 Å². The molecule has 0 radical (unpaired) electrons. The van der Waals surface area contributed by atoms with Gasteiger partial charge in [0.15, 0.2) is 11.8 Å². The van der Waals surface area contributed by atoms with Crippen LogP contribution in [-0.2, 0) is 11.3 Å². The Morgan fingerprint density at radius 1 is 1.09 bits per heavy atom. The largest absolute Gasteiger partial charge is 0.484 e. The number of hydrogen-bond donors (Lipinski definition) is 0. The highest BCUT2D eigenvalue weighted by Gasteiger charge is 2.25. The second-order valence-corrected chi connectivity index (χ2v) is 6.14. The van der Waals surface area contributed by atoms with Crippen molar-refractivity contribution in [2.24, 2.45) is 4.99 Å². The van der Waals surface area contributed by atoms with Gasteiger partial charge in [0.2, 0.25) is 0 Å². The highest BCUT2D eigenvalue weighted by Crippen LogP contribution is 2.19. The average Bonchev–Trinajstić information content (AvgIpc) is 3.08. The van der Waals surface area contributed by atoms with Crippen LogP contribution < -0.4 is 4.74 Å². The molecule has 1 aliphatic rings. The molecule has 23 heavy (non-hydrogen) atoms. The molecule has 3 rings (SSSR count). The Morgan fingerprint density at radius 2 is 1.78 bits per heavy atom. The Morgan fingerprint density at radius 3 is 2.52 bits per heavy atom. The third-order valence-electron chi connectivity index (χ3n) is 3.42. The molecule has 0 spiro atoms. The van der Waals surface area contributed by atoms with Crippen LogP contribution in [0.1, 0.15) is 5.56 Å². The van der Waals surface area contributed by atoms with Gasteiger partial charge in [0.25, 0.3) is 5.91 Å². The maximum atomic E-state index is 12.3. The number of hydrogen-bond acceptors (Lipinski definition) is 4. The molecule has 0 bridgehead atoms. The lowest BCUT2D eigenvalue weighted by Gasteiger charge is -2.16. The van der Waals surface area contributed by atoms with Crippen molar-refractivity contribution in [2.45, 2.75) is 6.54 Å². The van der Waals surface area contributed by atoms with Crippen LogP contribution in [0.15, 0.2) is 65.7 Å². The molecular weight excluding hydrogens is 308 g/mol. The van der Waals surface area contributed by atoms with Crippen LogP contribution in [0.4, 0.5) is 0 Å². The van der Waals surface area contributed by atoms with E-state index < -0.39 is 0 Å². The van der Waals surface area contributed by atoms with Crippen molar-refractivity contribution in [3.05, 3.63) is 66.2 Å². The van der Waals surface area contributed by atoms with E-state index in [2.05, 4.69) is 4.99 Å². The number of aliphatic imine (C=N–C) groups is 1. The fraction of sp³-hybridized carbons (Fsp3) is 0.222. The molecule has 1 heterocycles. The van der Waals surface area contributed by atoms with E-state index in [1.165, 1.54) is 0 Å². The van der Waals surface area contributed by atoms with E-state index in [-0.39, 0.29) is 12.5 Å². The summed E-state index contributed by atoms with van der Waals surface area (Å²) in [5, 5.41) is 0.788. The lowest BCUT2D eigenvalue weighted by atomic mass is 10.2. The Kier molecular flexibility index (Phi) is 5.32. The zero-order chi connectivity index (χ0) is 15.9. The van der Waals surface area contributed by atoms with E-state index in [1.54, 1.807) is 16.7 Å². The maximum absolute atomic E-state index is 12.3. The van der Waals surface area contributed by atoms with Gasteiger partial charge in [0.05, 0.1) is 6.54 Å². The number of nitrogens with zero attached hydrogens (tertiary/aromatic N) is 2. The fourth-order valence-corrected chi connectivity index (χ4v) is 3.21. The molecule has 5 heteroatoms. The Labute approximate surface area is 140 Å². The van der Waals surface area contributed by atoms with Gasteiger partial charge in [-0.15, -0.1) is 0 Å². The van der Waals surface area contributed by atoms with Gasteiger partial charge in [-0.3, -0.25) is 14.7 Å².